The maximum absolute atomic E-state index is 10.6. The fourth-order valence-corrected chi connectivity index (χ4v) is 4.38. The number of pyridine rings is 1. The van der Waals surface area contributed by atoms with Crippen LogP contribution in [0.25, 0.3) is 5.69 Å². The van der Waals surface area contributed by atoms with Gasteiger partial charge in [0.1, 0.15) is 11.8 Å². The van der Waals surface area contributed by atoms with E-state index in [9.17, 15) is 5.11 Å². The highest BCUT2D eigenvalue weighted by Gasteiger charge is 2.42. The van der Waals surface area contributed by atoms with Crippen LogP contribution in [-0.2, 0) is 0 Å². The Hall–Kier alpha value is -3.64. The van der Waals surface area contributed by atoms with E-state index in [0.717, 1.165) is 17.1 Å². The number of nitrogens with zero attached hydrogens (tertiary/aromatic N) is 3. The van der Waals surface area contributed by atoms with Gasteiger partial charge in [0, 0.05) is 23.8 Å². The van der Waals surface area contributed by atoms with Crippen LogP contribution in [0.5, 0.6) is 5.75 Å². The molecule has 1 aliphatic heterocycles. The molecule has 0 bridgehead atoms. The number of phenolic OH excluding ortho intramolecular Hbond substituents is 1. The summed E-state index contributed by atoms with van der Waals surface area (Å²) >= 11 is 5.74. The fourth-order valence-electron chi connectivity index (χ4n) is 4.04. The van der Waals surface area contributed by atoms with Crippen LogP contribution in [0.15, 0.2) is 97.3 Å². The average molecular weight is 413 g/mol. The van der Waals surface area contributed by atoms with Crippen molar-refractivity contribution in [2.24, 2.45) is 0 Å². The molecule has 5 nitrogen and oxygen atoms in total. The van der Waals surface area contributed by atoms with Crippen LogP contribution in [-0.4, -0.2) is 19.8 Å². The van der Waals surface area contributed by atoms with E-state index in [1.807, 2.05) is 71.8 Å². The molecule has 3 heterocycles. The summed E-state index contributed by atoms with van der Waals surface area (Å²) in [6.07, 6.45) is 3.83. The number of hydrogen-bond donors (Lipinski definition) is 2. The van der Waals surface area contributed by atoms with Gasteiger partial charge in [0.2, 0.25) is 0 Å². The third kappa shape index (κ3) is 3.11. The third-order valence-electron chi connectivity index (χ3n) is 5.36. The summed E-state index contributed by atoms with van der Waals surface area (Å²) in [4.78, 5) is 6.57. The molecule has 4 aromatic rings. The lowest BCUT2D eigenvalue weighted by Crippen LogP contribution is -2.30. The Morgan fingerprint density at radius 3 is 2.40 bits per heavy atom. The molecule has 0 unspecified atom stereocenters. The second-order valence-electron chi connectivity index (χ2n) is 7.12. The van der Waals surface area contributed by atoms with E-state index in [0.29, 0.717) is 10.8 Å². The van der Waals surface area contributed by atoms with Crippen LogP contribution in [0, 0.1) is 0 Å². The van der Waals surface area contributed by atoms with Crippen LogP contribution in [0.1, 0.15) is 23.5 Å². The van der Waals surface area contributed by atoms with Gasteiger partial charge in [-0.05, 0) is 60.7 Å². The summed E-state index contributed by atoms with van der Waals surface area (Å²) in [6, 6.07) is 27.1. The molecule has 2 aromatic heterocycles. The number of phenols is 1. The van der Waals surface area contributed by atoms with Crippen LogP contribution in [0.2, 0.25) is 0 Å². The number of para-hydroxylation sites is 3. The van der Waals surface area contributed by atoms with Gasteiger partial charge in [0.25, 0.3) is 0 Å². The molecule has 1 fully saturated rings. The third-order valence-corrected chi connectivity index (χ3v) is 5.67. The SMILES string of the molecule is Oc1ccccc1N1C(=S)N[C@@H](c2ccccn2)[C@H]1c1cccn1-c1ccccc1. The zero-order chi connectivity index (χ0) is 20.5. The highest BCUT2D eigenvalue weighted by molar-refractivity contribution is 7.80. The summed E-state index contributed by atoms with van der Waals surface area (Å²) in [6.45, 7) is 0. The van der Waals surface area contributed by atoms with Gasteiger partial charge in [-0.25, -0.2) is 0 Å². The van der Waals surface area contributed by atoms with Crippen molar-refractivity contribution in [3.63, 3.8) is 0 Å². The quantitative estimate of drug-likeness (QED) is 0.474. The number of aromatic nitrogens is 2. The highest BCUT2D eigenvalue weighted by Crippen LogP contribution is 2.44. The van der Waals surface area contributed by atoms with Gasteiger partial charge >= 0.3 is 0 Å². The number of thiocarbonyl (C=S) groups is 1. The molecule has 0 spiro atoms. The Kier molecular flexibility index (Phi) is 4.69. The topological polar surface area (TPSA) is 53.3 Å². The van der Waals surface area contributed by atoms with E-state index < -0.39 is 0 Å². The first-order valence-electron chi connectivity index (χ1n) is 9.75. The summed E-state index contributed by atoms with van der Waals surface area (Å²) in [5.74, 6) is 0.186. The lowest BCUT2D eigenvalue weighted by Gasteiger charge is -2.29. The minimum atomic E-state index is -0.198. The predicted octanol–water partition coefficient (Wildman–Crippen LogP) is 4.76. The van der Waals surface area contributed by atoms with Gasteiger partial charge in [0.05, 0.1) is 17.4 Å². The average Bonchev–Trinajstić information content (AvgIpc) is 3.40. The van der Waals surface area contributed by atoms with E-state index >= 15 is 0 Å². The Morgan fingerprint density at radius 1 is 0.867 bits per heavy atom. The van der Waals surface area contributed by atoms with Crippen molar-refractivity contribution in [1.82, 2.24) is 14.9 Å². The van der Waals surface area contributed by atoms with E-state index in [1.54, 1.807) is 12.3 Å². The first kappa shape index (κ1) is 18.4. The van der Waals surface area contributed by atoms with Gasteiger partial charge in [-0.3, -0.25) is 4.98 Å². The Balaban J connectivity index is 1.69. The van der Waals surface area contributed by atoms with Gasteiger partial charge < -0.3 is 19.9 Å². The van der Waals surface area contributed by atoms with Crippen molar-refractivity contribution < 1.29 is 5.11 Å². The number of benzene rings is 2. The highest BCUT2D eigenvalue weighted by atomic mass is 32.1. The molecular formula is C24H20N4OS. The van der Waals surface area contributed by atoms with Crippen molar-refractivity contribution in [1.29, 1.82) is 0 Å². The molecule has 0 aliphatic carbocycles. The zero-order valence-electron chi connectivity index (χ0n) is 16.1. The first-order chi connectivity index (χ1) is 14.7. The van der Waals surface area contributed by atoms with Gasteiger partial charge in [-0.2, -0.15) is 0 Å². The normalized spacial score (nSPS) is 18.4. The summed E-state index contributed by atoms with van der Waals surface area (Å²) < 4.78 is 2.16. The summed E-state index contributed by atoms with van der Waals surface area (Å²) in [7, 11) is 0. The second-order valence-corrected chi connectivity index (χ2v) is 7.51. The largest absolute Gasteiger partial charge is 0.506 e. The number of hydrogen-bond acceptors (Lipinski definition) is 3. The van der Waals surface area contributed by atoms with E-state index in [4.69, 9.17) is 12.2 Å². The predicted molar refractivity (Wildman–Crippen MR) is 122 cm³/mol. The summed E-state index contributed by atoms with van der Waals surface area (Å²) in [5.41, 5.74) is 3.67. The van der Waals surface area contributed by atoms with Crippen LogP contribution in [0.3, 0.4) is 0 Å². The van der Waals surface area contributed by atoms with Gasteiger partial charge in [0.15, 0.2) is 5.11 Å². The number of rotatable bonds is 4. The van der Waals surface area contributed by atoms with Crippen LogP contribution < -0.4 is 10.2 Å². The molecular weight excluding hydrogens is 392 g/mol. The van der Waals surface area contributed by atoms with Crippen LogP contribution >= 0.6 is 12.2 Å². The Bertz CT molecular complexity index is 1180. The molecule has 0 saturated carbocycles. The molecule has 0 amide bonds. The Labute approximate surface area is 180 Å². The number of aromatic hydroxyl groups is 1. The van der Waals surface area contributed by atoms with Gasteiger partial charge in [-0.15, -0.1) is 0 Å². The van der Waals surface area contributed by atoms with Gasteiger partial charge in [-0.1, -0.05) is 36.4 Å². The van der Waals surface area contributed by atoms with E-state index in [2.05, 4.69) is 33.1 Å². The molecule has 5 rings (SSSR count). The standard InChI is InChI=1S/C24H20N4OS/c29-21-14-5-4-12-19(21)28-23(22(26-24(28)30)18-11-6-7-15-25-18)20-13-8-16-27(20)17-9-2-1-3-10-17/h1-16,22-23,29H,(H,26,30)/t22-,23+/m0/s1. The molecule has 1 saturated heterocycles. The molecule has 30 heavy (non-hydrogen) atoms. The number of nitrogens with one attached hydrogen (secondary N) is 1. The lowest BCUT2D eigenvalue weighted by atomic mass is 10.0. The van der Waals surface area contributed by atoms with E-state index in [1.165, 1.54) is 0 Å². The second kappa shape index (κ2) is 7.65. The molecule has 1 aliphatic rings. The smallest absolute Gasteiger partial charge is 0.174 e. The zero-order valence-corrected chi connectivity index (χ0v) is 16.9. The molecule has 2 aromatic carbocycles. The van der Waals surface area contributed by atoms with Crippen LogP contribution in [0.4, 0.5) is 5.69 Å². The van der Waals surface area contributed by atoms with Crippen molar-refractivity contribution in [3.05, 3.63) is 109 Å². The minimum absolute atomic E-state index is 0.171. The van der Waals surface area contributed by atoms with Crippen molar-refractivity contribution >= 4 is 23.0 Å². The van der Waals surface area contributed by atoms with E-state index in [-0.39, 0.29) is 17.8 Å². The molecule has 0 radical (unpaired) electrons. The maximum Gasteiger partial charge on any atom is 0.174 e. The molecule has 2 N–H and O–H groups in total. The lowest BCUT2D eigenvalue weighted by molar-refractivity contribution is 0.472. The minimum Gasteiger partial charge on any atom is -0.506 e. The number of anilines is 1. The van der Waals surface area contributed by atoms with Crippen molar-refractivity contribution in [2.75, 3.05) is 4.90 Å². The first-order valence-corrected chi connectivity index (χ1v) is 10.2. The molecule has 6 heteroatoms. The Morgan fingerprint density at radius 2 is 1.63 bits per heavy atom. The molecule has 148 valence electrons. The van der Waals surface area contributed by atoms with Crippen molar-refractivity contribution in [2.45, 2.75) is 12.1 Å². The monoisotopic (exact) mass is 412 g/mol. The molecule has 2 atom stereocenters. The maximum atomic E-state index is 10.6. The fraction of sp³-hybridized carbons (Fsp3) is 0.0833. The summed E-state index contributed by atoms with van der Waals surface area (Å²) in [5, 5.41) is 14.6. The van der Waals surface area contributed by atoms with Crippen molar-refractivity contribution in [3.8, 4) is 11.4 Å².